The molecule has 0 radical (unpaired) electrons. The number of aromatic nitrogens is 4. The van der Waals surface area contributed by atoms with Crippen molar-refractivity contribution in [3.05, 3.63) is 93.0 Å². The zero-order valence-corrected chi connectivity index (χ0v) is 20.6. The number of carbonyl (C=O) groups is 1. The van der Waals surface area contributed by atoms with Crippen LogP contribution < -0.4 is 16.3 Å². The predicted molar refractivity (Wildman–Crippen MR) is 140 cm³/mol. The standard InChI is InChI=1S/C26H24N6O2S/c1-15-9-11-18(12-10-15)27-26-28-22(14-35-26)21-13-16(2)32(17(21)3)30-24(33)23-19-7-5-6-8-20(19)25(34)31(4)29-23/h5-14H,1-4H3,(H,27,28)(H,30,33). The highest BCUT2D eigenvalue weighted by Gasteiger charge is 2.19. The summed E-state index contributed by atoms with van der Waals surface area (Å²) >= 11 is 1.52. The molecule has 0 bridgehead atoms. The molecular weight excluding hydrogens is 460 g/mol. The Morgan fingerprint density at radius 3 is 2.46 bits per heavy atom. The number of nitrogens with zero attached hydrogens (tertiary/aromatic N) is 4. The molecule has 0 aliphatic heterocycles. The van der Waals surface area contributed by atoms with E-state index in [0.29, 0.717) is 10.8 Å². The minimum Gasteiger partial charge on any atom is -0.332 e. The number of carbonyl (C=O) groups excluding carboxylic acids is 1. The number of aryl methyl sites for hydroxylation is 3. The molecule has 2 N–H and O–H groups in total. The summed E-state index contributed by atoms with van der Waals surface area (Å²) in [5, 5.41) is 11.3. The van der Waals surface area contributed by atoms with Gasteiger partial charge < -0.3 is 5.32 Å². The third-order valence-electron chi connectivity index (χ3n) is 5.90. The summed E-state index contributed by atoms with van der Waals surface area (Å²) in [5.74, 6) is -0.398. The predicted octanol–water partition coefficient (Wildman–Crippen LogP) is 4.91. The first kappa shape index (κ1) is 22.5. The van der Waals surface area contributed by atoms with E-state index >= 15 is 0 Å². The highest BCUT2D eigenvalue weighted by atomic mass is 32.1. The summed E-state index contributed by atoms with van der Waals surface area (Å²) in [5.41, 5.74) is 8.50. The van der Waals surface area contributed by atoms with Crippen LogP contribution in [0.4, 0.5) is 10.8 Å². The number of thiazole rings is 1. The second-order valence-electron chi connectivity index (χ2n) is 8.41. The minimum absolute atomic E-state index is 0.190. The average Bonchev–Trinajstić information content (AvgIpc) is 3.42. The number of hydrogen-bond donors (Lipinski definition) is 2. The van der Waals surface area contributed by atoms with E-state index in [9.17, 15) is 9.59 Å². The van der Waals surface area contributed by atoms with E-state index in [0.717, 1.165) is 33.5 Å². The summed E-state index contributed by atoms with van der Waals surface area (Å²) in [7, 11) is 1.54. The Kier molecular flexibility index (Phi) is 5.70. The van der Waals surface area contributed by atoms with Gasteiger partial charge in [-0.2, -0.15) is 5.10 Å². The zero-order valence-electron chi connectivity index (χ0n) is 19.8. The van der Waals surface area contributed by atoms with Crippen molar-refractivity contribution < 1.29 is 4.79 Å². The molecule has 3 heterocycles. The normalized spacial score (nSPS) is 11.1. The average molecular weight is 485 g/mol. The SMILES string of the molecule is Cc1ccc(Nc2nc(-c3cc(C)n(NC(=O)c4nn(C)c(=O)c5ccccc45)c3C)cs2)cc1. The van der Waals surface area contributed by atoms with Crippen molar-refractivity contribution >= 4 is 38.8 Å². The first-order valence-electron chi connectivity index (χ1n) is 11.1. The molecule has 5 rings (SSSR count). The maximum Gasteiger partial charge on any atom is 0.291 e. The Labute approximate surface area is 205 Å². The Bertz CT molecular complexity index is 1630. The van der Waals surface area contributed by atoms with Gasteiger partial charge in [0.2, 0.25) is 0 Å². The molecule has 35 heavy (non-hydrogen) atoms. The zero-order chi connectivity index (χ0) is 24.7. The van der Waals surface area contributed by atoms with E-state index in [1.165, 1.54) is 21.6 Å². The number of fused-ring (bicyclic) bond motifs is 1. The summed E-state index contributed by atoms with van der Waals surface area (Å²) < 4.78 is 2.92. The molecule has 0 saturated heterocycles. The van der Waals surface area contributed by atoms with Gasteiger partial charge in [-0.3, -0.25) is 19.7 Å². The molecule has 3 aromatic heterocycles. The number of anilines is 2. The van der Waals surface area contributed by atoms with Crippen molar-refractivity contribution in [2.75, 3.05) is 10.7 Å². The van der Waals surface area contributed by atoms with Gasteiger partial charge >= 0.3 is 0 Å². The Morgan fingerprint density at radius 1 is 1.00 bits per heavy atom. The van der Waals surface area contributed by atoms with Crippen molar-refractivity contribution in [3.63, 3.8) is 0 Å². The van der Waals surface area contributed by atoms with Gasteiger partial charge in [0.15, 0.2) is 10.8 Å². The molecular formula is C26H24N6O2S. The lowest BCUT2D eigenvalue weighted by atomic mass is 10.1. The van der Waals surface area contributed by atoms with Crippen LogP contribution in [0, 0.1) is 20.8 Å². The summed E-state index contributed by atoms with van der Waals surface area (Å²) in [4.78, 5) is 30.4. The second-order valence-corrected chi connectivity index (χ2v) is 9.27. The highest BCUT2D eigenvalue weighted by Crippen LogP contribution is 2.31. The number of hydrogen-bond acceptors (Lipinski definition) is 6. The van der Waals surface area contributed by atoms with Crippen LogP contribution in [-0.2, 0) is 7.05 Å². The molecule has 0 fully saturated rings. The molecule has 0 unspecified atom stereocenters. The molecule has 1 amide bonds. The van der Waals surface area contributed by atoms with Crippen LogP contribution in [0.5, 0.6) is 0 Å². The molecule has 0 spiro atoms. The van der Waals surface area contributed by atoms with Crippen LogP contribution in [0.2, 0.25) is 0 Å². The molecule has 0 aliphatic rings. The second kappa shape index (κ2) is 8.84. The number of nitrogens with one attached hydrogen (secondary N) is 2. The lowest BCUT2D eigenvalue weighted by molar-refractivity contribution is 0.100. The third kappa shape index (κ3) is 4.22. The van der Waals surface area contributed by atoms with Gasteiger partial charge in [0.05, 0.1) is 11.1 Å². The first-order valence-corrected chi connectivity index (χ1v) is 12.0. The van der Waals surface area contributed by atoms with Gasteiger partial charge in [-0.25, -0.2) is 9.67 Å². The van der Waals surface area contributed by atoms with Crippen molar-refractivity contribution in [2.24, 2.45) is 7.05 Å². The topological polar surface area (TPSA) is 93.8 Å². The monoisotopic (exact) mass is 484 g/mol. The van der Waals surface area contributed by atoms with Crippen LogP contribution in [-0.4, -0.2) is 25.3 Å². The van der Waals surface area contributed by atoms with E-state index in [4.69, 9.17) is 4.98 Å². The molecule has 9 heteroatoms. The molecule has 176 valence electrons. The number of amides is 1. The molecule has 0 atom stereocenters. The van der Waals surface area contributed by atoms with Gasteiger partial charge in [0.1, 0.15) is 0 Å². The quantitative estimate of drug-likeness (QED) is 0.370. The maximum absolute atomic E-state index is 13.2. The van der Waals surface area contributed by atoms with Gasteiger partial charge in [-0.15, -0.1) is 11.3 Å². The van der Waals surface area contributed by atoms with Crippen molar-refractivity contribution in [3.8, 4) is 11.3 Å². The van der Waals surface area contributed by atoms with E-state index in [1.54, 1.807) is 36.0 Å². The van der Waals surface area contributed by atoms with Gasteiger partial charge in [0.25, 0.3) is 11.5 Å². The van der Waals surface area contributed by atoms with E-state index in [-0.39, 0.29) is 11.3 Å². The Balaban J connectivity index is 1.43. The highest BCUT2D eigenvalue weighted by molar-refractivity contribution is 7.14. The van der Waals surface area contributed by atoms with Crippen LogP contribution in [0.3, 0.4) is 0 Å². The van der Waals surface area contributed by atoms with Crippen molar-refractivity contribution in [1.29, 1.82) is 0 Å². The third-order valence-corrected chi connectivity index (χ3v) is 6.66. The maximum atomic E-state index is 13.2. The summed E-state index contributed by atoms with van der Waals surface area (Å²) in [6, 6.07) is 17.1. The van der Waals surface area contributed by atoms with Crippen molar-refractivity contribution in [1.82, 2.24) is 19.4 Å². The molecule has 2 aromatic carbocycles. The van der Waals surface area contributed by atoms with Crippen LogP contribution >= 0.6 is 11.3 Å². The number of rotatable bonds is 5. The summed E-state index contributed by atoms with van der Waals surface area (Å²) in [6.07, 6.45) is 0. The largest absolute Gasteiger partial charge is 0.332 e. The fourth-order valence-corrected chi connectivity index (χ4v) is 4.76. The molecule has 8 nitrogen and oxygen atoms in total. The van der Waals surface area contributed by atoms with Crippen molar-refractivity contribution in [2.45, 2.75) is 20.8 Å². The Hall–Kier alpha value is -4.24. The van der Waals surface area contributed by atoms with E-state index in [2.05, 4.69) is 34.9 Å². The van der Waals surface area contributed by atoms with Crippen LogP contribution in [0.1, 0.15) is 27.4 Å². The first-order chi connectivity index (χ1) is 16.8. The lowest BCUT2D eigenvalue weighted by Crippen LogP contribution is -2.29. The van der Waals surface area contributed by atoms with E-state index < -0.39 is 5.91 Å². The fraction of sp³-hybridized carbons (Fsp3) is 0.154. The molecule has 0 aliphatic carbocycles. The Morgan fingerprint density at radius 2 is 1.71 bits per heavy atom. The smallest absolute Gasteiger partial charge is 0.291 e. The van der Waals surface area contributed by atoms with Crippen LogP contribution in [0.25, 0.3) is 22.0 Å². The van der Waals surface area contributed by atoms with Gasteiger partial charge in [-0.05, 0) is 45.0 Å². The molecule has 5 aromatic rings. The van der Waals surface area contributed by atoms with Gasteiger partial charge in [0, 0.05) is 40.5 Å². The summed E-state index contributed by atoms with van der Waals surface area (Å²) in [6.45, 7) is 5.90. The van der Waals surface area contributed by atoms with Crippen LogP contribution in [0.15, 0.2) is 64.8 Å². The fourth-order valence-electron chi connectivity index (χ4n) is 4.03. The van der Waals surface area contributed by atoms with E-state index in [1.807, 2.05) is 37.4 Å². The minimum atomic E-state index is -0.398. The lowest BCUT2D eigenvalue weighted by Gasteiger charge is -2.13. The number of benzene rings is 2. The van der Waals surface area contributed by atoms with Gasteiger partial charge in [-0.1, -0.05) is 35.9 Å². The molecule has 0 saturated carbocycles.